The minimum Gasteiger partial charge on any atom is -0.491 e. The van der Waals surface area contributed by atoms with Crippen molar-refractivity contribution in [3.8, 4) is 5.75 Å². The zero-order valence-corrected chi connectivity index (χ0v) is 15.8. The van der Waals surface area contributed by atoms with Gasteiger partial charge in [-0.1, -0.05) is 12.1 Å². The predicted octanol–water partition coefficient (Wildman–Crippen LogP) is 2.09. The molecule has 7 nitrogen and oxygen atoms in total. The molecule has 2 aromatic rings. The fourth-order valence-corrected chi connectivity index (χ4v) is 3.26. The fraction of sp³-hybridized carbons (Fsp3) is 0.450. The van der Waals surface area contributed by atoms with Crippen LogP contribution < -0.4 is 20.5 Å². The van der Waals surface area contributed by atoms with Gasteiger partial charge >= 0.3 is 0 Å². The molecule has 1 aliphatic heterocycles. The number of aromatic nitrogens is 2. The van der Waals surface area contributed by atoms with Crippen molar-refractivity contribution in [2.45, 2.75) is 39.3 Å². The minimum atomic E-state index is -0.232. The van der Waals surface area contributed by atoms with E-state index in [0.29, 0.717) is 13.1 Å². The summed E-state index contributed by atoms with van der Waals surface area (Å²) in [6, 6.07) is 9.29. The van der Waals surface area contributed by atoms with E-state index in [1.165, 1.54) is 6.07 Å². The van der Waals surface area contributed by atoms with E-state index in [-0.39, 0.29) is 23.5 Å². The Morgan fingerprint density at radius 2 is 2.15 bits per heavy atom. The second-order valence-electron chi connectivity index (χ2n) is 7.12. The summed E-state index contributed by atoms with van der Waals surface area (Å²) in [4.78, 5) is 26.1. The third kappa shape index (κ3) is 5.32. The molecular formula is C20H26N4O3. The summed E-state index contributed by atoms with van der Waals surface area (Å²) < 4.78 is 5.63. The highest BCUT2D eigenvalue weighted by atomic mass is 16.5. The predicted molar refractivity (Wildman–Crippen MR) is 104 cm³/mol. The average molecular weight is 370 g/mol. The first-order valence-corrected chi connectivity index (χ1v) is 9.34. The number of piperidine rings is 1. The van der Waals surface area contributed by atoms with Crippen LogP contribution in [0.5, 0.6) is 5.75 Å². The first-order chi connectivity index (χ1) is 13.0. The zero-order chi connectivity index (χ0) is 19.2. The van der Waals surface area contributed by atoms with Crippen LogP contribution in [0.25, 0.3) is 0 Å². The number of nitrogens with zero attached hydrogens (tertiary/aromatic N) is 2. The van der Waals surface area contributed by atoms with Crippen LogP contribution in [0.15, 0.2) is 41.3 Å². The van der Waals surface area contributed by atoms with Crippen molar-refractivity contribution in [1.29, 1.82) is 0 Å². The van der Waals surface area contributed by atoms with Gasteiger partial charge in [-0.25, -0.2) is 5.10 Å². The largest absolute Gasteiger partial charge is 0.491 e. The summed E-state index contributed by atoms with van der Waals surface area (Å²) in [6.45, 7) is 5.89. The van der Waals surface area contributed by atoms with Crippen LogP contribution in [0.1, 0.15) is 32.3 Å². The van der Waals surface area contributed by atoms with E-state index in [4.69, 9.17) is 4.74 Å². The van der Waals surface area contributed by atoms with Gasteiger partial charge in [0.1, 0.15) is 5.75 Å². The number of rotatable bonds is 6. The lowest BCUT2D eigenvalue weighted by molar-refractivity contribution is -0.125. The summed E-state index contributed by atoms with van der Waals surface area (Å²) in [5, 5.41) is 9.24. The molecule has 0 unspecified atom stereocenters. The number of amides is 1. The standard InChI is InChI=1S/C20H26N4O3/c1-14(2)27-18-7-5-15(6-8-18)11-21-20(26)16-4-3-9-24(13-16)17-10-19(25)23-22-12-17/h5-8,10,12,14,16H,3-4,9,11,13H2,1-2H3,(H,21,26)(H,23,25)/t16-/m1/s1. The second kappa shape index (κ2) is 8.70. The van der Waals surface area contributed by atoms with Gasteiger partial charge in [0.2, 0.25) is 5.91 Å². The topological polar surface area (TPSA) is 87.3 Å². The minimum absolute atomic E-state index is 0.0417. The second-order valence-corrected chi connectivity index (χ2v) is 7.12. The number of carbonyl (C=O) groups excluding carboxylic acids is 1. The molecule has 1 fully saturated rings. The average Bonchev–Trinajstić information content (AvgIpc) is 2.67. The lowest BCUT2D eigenvalue weighted by Crippen LogP contribution is -2.43. The molecule has 0 saturated carbocycles. The van der Waals surface area contributed by atoms with Gasteiger partial charge in [0.05, 0.1) is 23.9 Å². The van der Waals surface area contributed by atoms with E-state index in [1.807, 2.05) is 43.0 Å². The van der Waals surface area contributed by atoms with Crippen molar-refractivity contribution in [3.05, 3.63) is 52.4 Å². The molecule has 1 aliphatic rings. The van der Waals surface area contributed by atoms with E-state index < -0.39 is 0 Å². The van der Waals surface area contributed by atoms with Crippen LogP contribution in [0.2, 0.25) is 0 Å². The Morgan fingerprint density at radius 1 is 1.37 bits per heavy atom. The summed E-state index contributed by atoms with van der Waals surface area (Å²) >= 11 is 0. The number of hydrogen-bond donors (Lipinski definition) is 2. The normalized spacial score (nSPS) is 17.0. The molecule has 1 amide bonds. The Balaban J connectivity index is 1.54. The van der Waals surface area contributed by atoms with Crippen LogP contribution in [-0.2, 0) is 11.3 Å². The Labute approximate surface area is 158 Å². The summed E-state index contributed by atoms with van der Waals surface area (Å²) in [5.74, 6) is 0.774. The van der Waals surface area contributed by atoms with Gasteiger partial charge in [0.15, 0.2) is 0 Å². The zero-order valence-electron chi connectivity index (χ0n) is 15.8. The van der Waals surface area contributed by atoms with E-state index in [2.05, 4.69) is 15.5 Å². The molecule has 7 heteroatoms. The maximum atomic E-state index is 12.6. The monoisotopic (exact) mass is 370 g/mol. The number of H-pyrrole nitrogens is 1. The number of hydrogen-bond acceptors (Lipinski definition) is 5. The number of ether oxygens (including phenoxy) is 1. The van der Waals surface area contributed by atoms with Gasteiger partial charge in [-0.3, -0.25) is 9.59 Å². The van der Waals surface area contributed by atoms with Gasteiger partial charge in [-0.05, 0) is 44.4 Å². The lowest BCUT2D eigenvalue weighted by Gasteiger charge is -2.33. The molecule has 2 heterocycles. The molecule has 0 radical (unpaired) electrons. The first kappa shape index (κ1) is 18.9. The number of aromatic amines is 1. The number of nitrogens with one attached hydrogen (secondary N) is 2. The number of anilines is 1. The molecule has 0 bridgehead atoms. The van der Waals surface area contributed by atoms with Crippen molar-refractivity contribution in [3.63, 3.8) is 0 Å². The van der Waals surface area contributed by atoms with Crippen molar-refractivity contribution in [2.75, 3.05) is 18.0 Å². The molecule has 0 aliphatic carbocycles. The van der Waals surface area contributed by atoms with E-state index in [1.54, 1.807) is 6.20 Å². The third-order valence-electron chi connectivity index (χ3n) is 4.57. The van der Waals surface area contributed by atoms with Crippen LogP contribution >= 0.6 is 0 Å². The highest BCUT2D eigenvalue weighted by molar-refractivity contribution is 5.79. The van der Waals surface area contributed by atoms with E-state index >= 15 is 0 Å². The smallest absolute Gasteiger partial charge is 0.266 e. The summed E-state index contributed by atoms with van der Waals surface area (Å²) in [5.41, 5.74) is 1.56. The fourth-order valence-electron chi connectivity index (χ4n) is 3.26. The maximum absolute atomic E-state index is 12.6. The molecule has 144 valence electrons. The van der Waals surface area contributed by atoms with Gasteiger partial charge in [-0.15, -0.1) is 0 Å². The highest BCUT2D eigenvalue weighted by Gasteiger charge is 2.26. The third-order valence-corrected chi connectivity index (χ3v) is 4.57. The summed E-state index contributed by atoms with van der Waals surface area (Å²) in [7, 11) is 0. The van der Waals surface area contributed by atoms with Crippen LogP contribution in [-0.4, -0.2) is 35.3 Å². The quantitative estimate of drug-likeness (QED) is 0.813. The number of carbonyl (C=O) groups is 1. The van der Waals surface area contributed by atoms with Crippen LogP contribution in [0, 0.1) is 5.92 Å². The van der Waals surface area contributed by atoms with Gasteiger partial charge < -0.3 is 15.0 Å². The SMILES string of the molecule is CC(C)Oc1ccc(CNC(=O)[C@@H]2CCCN(c3cn[nH]c(=O)c3)C2)cc1. The van der Waals surface area contributed by atoms with Gasteiger partial charge in [-0.2, -0.15) is 5.10 Å². The van der Waals surface area contributed by atoms with Gasteiger partial charge in [0, 0.05) is 25.7 Å². The van der Waals surface area contributed by atoms with Gasteiger partial charge in [0.25, 0.3) is 5.56 Å². The summed E-state index contributed by atoms with van der Waals surface area (Å²) in [6.07, 6.45) is 3.52. The Hall–Kier alpha value is -2.83. The van der Waals surface area contributed by atoms with Crippen molar-refractivity contribution >= 4 is 11.6 Å². The molecule has 1 aromatic heterocycles. The molecule has 2 N–H and O–H groups in total. The molecule has 1 aromatic carbocycles. The highest BCUT2D eigenvalue weighted by Crippen LogP contribution is 2.22. The van der Waals surface area contributed by atoms with Crippen molar-refractivity contribution in [1.82, 2.24) is 15.5 Å². The molecule has 27 heavy (non-hydrogen) atoms. The lowest BCUT2D eigenvalue weighted by atomic mass is 9.96. The maximum Gasteiger partial charge on any atom is 0.266 e. The molecule has 3 rings (SSSR count). The molecule has 0 spiro atoms. The van der Waals surface area contributed by atoms with Crippen molar-refractivity contribution < 1.29 is 9.53 Å². The molecule has 1 atom stereocenters. The Morgan fingerprint density at radius 3 is 2.85 bits per heavy atom. The first-order valence-electron chi connectivity index (χ1n) is 9.34. The Bertz CT molecular complexity index is 816. The van der Waals surface area contributed by atoms with Crippen LogP contribution in [0.4, 0.5) is 5.69 Å². The van der Waals surface area contributed by atoms with Crippen LogP contribution in [0.3, 0.4) is 0 Å². The van der Waals surface area contributed by atoms with Crippen molar-refractivity contribution in [2.24, 2.45) is 5.92 Å². The Kier molecular flexibility index (Phi) is 6.11. The molecule has 1 saturated heterocycles. The van der Waals surface area contributed by atoms with E-state index in [0.717, 1.165) is 36.4 Å². The van der Waals surface area contributed by atoms with E-state index in [9.17, 15) is 9.59 Å². The molecular weight excluding hydrogens is 344 g/mol. The number of benzene rings is 1.